The van der Waals surface area contributed by atoms with Crippen molar-refractivity contribution in [1.82, 2.24) is 19.7 Å². The van der Waals surface area contributed by atoms with Crippen LogP contribution in [-0.4, -0.2) is 43.7 Å². The molecule has 0 spiro atoms. The number of hydrogen-bond donors (Lipinski definition) is 1. The van der Waals surface area contributed by atoms with Gasteiger partial charge in [-0.1, -0.05) is 0 Å². The molecule has 1 aliphatic heterocycles. The molecule has 1 N–H and O–H groups in total. The van der Waals surface area contributed by atoms with Gasteiger partial charge in [0.1, 0.15) is 11.5 Å². The van der Waals surface area contributed by atoms with E-state index >= 15 is 0 Å². The Balaban J connectivity index is 1.62. The Labute approximate surface area is 144 Å². The van der Waals surface area contributed by atoms with Crippen LogP contribution >= 0.6 is 11.6 Å². The van der Waals surface area contributed by atoms with Gasteiger partial charge in [-0.25, -0.2) is 4.68 Å². The van der Waals surface area contributed by atoms with E-state index in [4.69, 9.17) is 21.1 Å². The molecule has 2 aromatic rings. The zero-order valence-electron chi connectivity index (χ0n) is 13.4. The van der Waals surface area contributed by atoms with E-state index in [1.165, 1.54) is 0 Å². The summed E-state index contributed by atoms with van der Waals surface area (Å²) in [5, 5.41) is 15.0. The van der Waals surface area contributed by atoms with Crippen molar-refractivity contribution < 1.29 is 14.6 Å². The minimum atomic E-state index is -0.218. The average molecular weight is 353 g/mol. The largest absolute Gasteiger partial charge is 0.474 e. The second kappa shape index (κ2) is 6.82. The minimum absolute atomic E-state index is 0.0387. The smallest absolute Gasteiger partial charge is 0.229 e. The summed E-state index contributed by atoms with van der Waals surface area (Å²) in [6.07, 6.45) is 7.65. The maximum atomic E-state index is 9.63. The van der Waals surface area contributed by atoms with Crippen LogP contribution in [0.4, 0.5) is 0 Å². The summed E-state index contributed by atoms with van der Waals surface area (Å²) in [4.78, 5) is 8.58. The van der Waals surface area contributed by atoms with Gasteiger partial charge in [0.2, 0.25) is 11.2 Å². The lowest BCUT2D eigenvalue weighted by atomic mass is 9.95. The topological polar surface area (TPSA) is 82.3 Å². The van der Waals surface area contributed by atoms with Crippen molar-refractivity contribution in [3.8, 4) is 5.88 Å². The van der Waals surface area contributed by atoms with Gasteiger partial charge >= 0.3 is 0 Å². The number of ether oxygens (including phenoxy) is 2. The van der Waals surface area contributed by atoms with Crippen LogP contribution in [0, 0.1) is 0 Å². The highest BCUT2D eigenvalue weighted by Crippen LogP contribution is 2.31. The van der Waals surface area contributed by atoms with E-state index in [0.717, 1.165) is 56.9 Å². The molecule has 130 valence electrons. The number of fused-ring (bicyclic) bond motifs is 1. The van der Waals surface area contributed by atoms with Crippen LogP contribution < -0.4 is 4.74 Å². The van der Waals surface area contributed by atoms with Crippen molar-refractivity contribution in [3.05, 3.63) is 11.5 Å². The first kappa shape index (κ1) is 16.1. The molecule has 2 fully saturated rings. The van der Waals surface area contributed by atoms with Crippen LogP contribution in [-0.2, 0) is 4.74 Å². The highest BCUT2D eigenvalue weighted by Gasteiger charge is 2.25. The van der Waals surface area contributed by atoms with Gasteiger partial charge in [-0.3, -0.25) is 0 Å². The Morgan fingerprint density at radius 3 is 2.75 bits per heavy atom. The SMILES string of the molecule is OC1CCC(Oc2nc(Cl)nc3c2cnn3C2CCCCO2)CC1. The predicted octanol–water partition coefficient (Wildman–Crippen LogP) is 2.86. The Bertz CT molecular complexity index is 709. The van der Waals surface area contributed by atoms with E-state index in [2.05, 4.69) is 15.1 Å². The molecule has 0 radical (unpaired) electrons. The fourth-order valence-corrected chi connectivity index (χ4v) is 3.57. The van der Waals surface area contributed by atoms with Gasteiger partial charge in [0.15, 0.2) is 11.9 Å². The summed E-state index contributed by atoms with van der Waals surface area (Å²) in [6.45, 7) is 0.735. The van der Waals surface area contributed by atoms with E-state index in [-0.39, 0.29) is 23.7 Å². The third-order valence-corrected chi connectivity index (χ3v) is 4.91. The summed E-state index contributed by atoms with van der Waals surface area (Å²) < 4.78 is 13.6. The van der Waals surface area contributed by atoms with Crippen LogP contribution in [0.25, 0.3) is 11.0 Å². The number of hydrogen-bond acceptors (Lipinski definition) is 6. The van der Waals surface area contributed by atoms with Crippen molar-refractivity contribution in [3.63, 3.8) is 0 Å². The normalized spacial score (nSPS) is 28.2. The van der Waals surface area contributed by atoms with Gasteiger partial charge in [-0.2, -0.15) is 15.1 Å². The van der Waals surface area contributed by atoms with Crippen molar-refractivity contribution in [2.75, 3.05) is 6.61 Å². The highest BCUT2D eigenvalue weighted by molar-refractivity contribution is 6.28. The standard InChI is InChI=1S/C16H21ClN4O3/c17-16-19-14-12(9-18-21(14)13-3-1-2-8-23-13)15(20-16)24-11-6-4-10(22)5-7-11/h9-11,13,22H,1-8H2. The Morgan fingerprint density at radius 1 is 1.17 bits per heavy atom. The maximum absolute atomic E-state index is 9.63. The molecule has 3 heterocycles. The lowest BCUT2D eigenvalue weighted by molar-refractivity contribution is -0.0370. The molecular formula is C16H21ClN4O3. The molecule has 2 aliphatic rings. The maximum Gasteiger partial charge on any atom is 0.229 e. The van der Waals surface area contributed by atoms with E-state index in [1.807, 2.05) is 0 Å². The zero-order chi connectivity index (χ0) is 16.5. The Morgan fingerprint density at radius 2 is 2.00 bits per heavy atom. The number of halogens is 1. The monoisotopic (exact) mass is 352 g/mol. The summed E-state index contributed by atoms with van der Waals surface area (Å²) in [5.41, 5.74) is 0.646. The second-order valence-corrected chi connectivity index (χ2v) is 6.83. The first-order chi connectivity index (χ1) is 11.7. The quantitative estimate of drug-likeness (QED) is 0.855. The van der Waals surface area contributed by atoms with Crippen LogP contribution in [0.1, 0.15) is 51.2 Å². The molecular weight excluding hydrogens is 332 g/mol. The first-order valence-corrected chi connectivity index (χ1v) is 8.95. The number of aromatic nitrogens is 4. The molecule has 7 nitrogen and oxygen atoms in total. The molecule has 1 saturated carbocycles. The van der Waals surface area contributed by atoms with E-state index in [0.29, 0.717) is 11.5 Å². The van der Waals surface area contributed by atoms with E-state index in [1.54, 1.807) is 10.9 Å². The molecule has 0 amide bonds. The molecule has 1 unspecified atom stereocenters. The fraction of sp³-hybridized carbons (Fsp3) is 0.688. The molecule has 8 heteroatoms. The van der Waals surface area contributed by atoms with Crippen molar-refractivity contribution in [1.29, 1.82) is 0 Å². The first-order valence-electron chi connectivity index (χ1n) is 8.58. The van der Waals surface area contributed by atoms with Crippen molar-refractivity contribution in [2.45, 2.75) is 63.4 Å². The molecule has 2 aromatic heterocycles. The molecule has 24 heavy (non-hydrogen) atoms. The lowest BCUT2D eigenvalue weighted by Crippen LogP contribution is -2.26. The minimum Gasteiger partial charge on any atom is -0.474 e. The van der Waals surface area contributed by atoms with Crippen LogP contribution in [0.15, 0.2) is 6.20 Å². The van der Waals surface area contributed by atoms with Crippen LogP contribution in [0.5, 0.6) is 5.88 Å². The number of rotatable bonds is 3. The molecule has 1 aliphatic carbocycles. The van der Waals surface area contributed by atoms with E-state index < -0.39 is 0 Å². The second-order valence-electron chi connectivity index (χ2n) is 6.49. The Hall–Kier alpha value is -1.44. The van der Waals surface area contributed by atoms with Gasteiger partial charge in [0.05, 0.1) is 12.3 Å². The third-order valence-electron chi connectivity index (χ3n) is 4.74. The summed E-state index contributed by atoms with van der Waals surface area (Å²) >= 11 is 6.11. The van der Waals surface area contributed by atoms with Gasteiger partial charge in [-0.15, -0.1) is 0 Å². The van der Waals surface area contributed by atoms with E-state index in [9.17, 15) is 5.11 Å². The van der Waals surface area contributed by atoms with Crippen LogP contribution in [0.2, 0.25) is 5.28 Å². The fourth-order valence-electron chi connectivity index (χ4n) is 3.41. The molecule has 4 rings (SSSR count). The molecule has 1 saturated heterocycles. The van der Waals surface area contributed by atoms with Gasteiger partial charge in [0, 0.05) is 6.61 Å². The number of aliphatic hydroxyl groups excluding tert-OH is 1. The van der Waals surface area contributed by atoms with Gasteiger partial charge < -0.3 is 14.6 Å². The zero-order valence-corrected chi connectivity index (χ0v) is 14.2. The molecule has 0 aromatic carbocycles. The number of aliphatic hydroxyl groups is 1. The highest BCUT2D eigenvalue weighted by atomic mass is 35.5. The van der Waals surface area contributed by atoms with Gasteiger partial charge in [-0.05, 0) is 56.5 Å². The lowest BCUT2D eigenvalue weighted by Gasteiger charge is -2.26. The number of nitrogens with zero attached hydrogens (tertiary/aromatic N) is 4. The summed E-state index contributed by atoms with van der Waals surface area (Å²) in [5.74, 6) is 0.466. The average Bonchev–Trinajstić information content (AvgIpc) is 3.01. The van der Waals surface area contributed by atoms with Crippen LogP contribution in [0.3, 0.4) is 0 Å². The summed E-state index contributed by atoms with van der Waals surface area (Å²) in [6, 6.07) is 0. The molecule has 0 bridgehead atoms. The van der Waals surface area contributed by atoms with Crippen molar-refractivity contribution in [2.24, 2.45) is 0 Å². The van der Waals surface area contributed by atoms with Crippen molar-refractivity contribution >= 4 is 22.6 Å². The Kier molecular flexibility index (Phi) is 4.56. The summed E-state index contributed by atoms with van der Waals surface area (Å²) in [7, 11) is 0. The predicted molar refractivity (Wildman–Crippen MR) is 88.1 cm³/mol. The van der Waals surface area contributed by atoms with Gasteiger partial charge in [0.25, 0.3) is 0 Å². The molecule has 1 atom stereocenters. The third kappa shape index (κ3) is 3.20.